The molecule has 2 rings (SSSR count). The van der Waals surface area contributed by atoms with E-state index in [4.69, 9.17) is 4.74 Å². The maximum absolute atomic E-state index is 12.3. The summed E-state index contributed by atoms with van der Waals surface area (Å²) in [6.07, 6.45) is -0.0667. The van der Waals surface area contributed by atoms with Gasteiger partial charge in [0, 0.05) is 20.1 Å². The Hall–Kier alpha value is -0.430. The van der Waals surface area contributed by atoms with Crippen LogP contribution in [0.1, 0.15) is 12.5 Å². The zero-order valence-corrected chi connectivity index (χ0v) is 12.9. The van der Waals surface area contributed by atoms with Crippen molar-refractivity contribution in [3.8, 4) is 0 Å². The van der Waals surface area contributed by atoms with Gasteiger partial charge in [0.2, 0.25) is 5.91 Å². The van der Waals surface area contributed by atoms with Crippen LogP contribution >= 0.6 is 27.3 Å². The van der Waals surface area contributed by atoms with E-state index in [1.54, 1.807) is 16.2 Å². The molecule has 0 spiro atoms. The summed E-state index contributed by atoms with van der Waals surface area (Å²) in [6.45, 7) is 3.97. The molecule has 4 nitrogen and oxygen atoms in total. The van der Waals surface area contributed by atoms with E-state index in [9.17, 15) is 4.79 Å². The molecular weight excluding hydrogens is 316 g/mol. The molecule has 1 aromatic rings. The van der Waals surface area contributed by atoms with Crippen molar-refractivity contribution < 1.29 is 9.53 Å². The summed E-state index contributed by atoms with van der Waals surface area (Å²) in [4.78, 5) is 14.0. The lowest BCUT2D eigenvalue weighted by atomic mass is 10.1. The van der Waals surface area contributed by atoms with Gasteiger partial charge in [-0.05, 0) is 39.9 Å². The summed E-state index contributed by atoms with van der Waals surface area (Å²) in [5.74, 6) is 0.0875. The van der Waals surface area contributed by atoms with E-state index in [-0.39, 0.29) is 18.1 Å². The minimum Gasteiger partial charge on any atom is -0.375 e. The topological polar surface area (TPSA) is 41.6 Å². The van der Waals surface area contributed by atoms with Crippen LogP contribution in [0.2, 0.25) is 0 Å². The molecule has 1 N–H and O–H groups in total. The Balaban J connectivity index is 1.95. The van der Waals surface area contributed by atoms with E-state index in [1.807, 2.05) is 20.0 Å². The fourth-order valence-corrected chi connectivity index (χ4v) is 3.23. The van der Waals surface area contributed by atoms with E-state index in [0.717, 1.165) is 15.9 Å². The van der Waals surface area contributed by atoms with E-state index < -0.39 is 0 Å². The maximum atomic E-state index is 12.3. The number of morpholine rings is 1. The van der Waals surface area contributed by atoms with E-state index in [1.165, 1.54) is 0 Å². The molecule has 1 fully saturated rings. The van der Waals surface area contributed by atoms with Crippen molar-refractivity contribution in [3.63, 3.8) is 0 Å². The van der Waals surface area contributed by atoms with E-state index in [0.29, 0.717) is 13.2 Å². The van der Waals surface area contributed by atoms with Gasteiger partial charge in [-0.3, -0.25) is 4.79 Å². The Morgan fingerprint density at radius 1 is 1.72 bits per heavy atom. The zero-order valence-electron chi connectivity index (χ0n) is 10.5. The summed E-state index contributed by atoms with van der Waals surface area (Å²) in [5, 5.41) is 5.28. The largest absolute Gasteiger partial charge is 0.375 e. The van der Waals surface area contributed by atoms with Gasteiger partial charge in [0.25, 0.3) is 0 Å². The normalized spacial score (nSPS) is 23.9. The summed E-state index contributed by atoms with van der Waals surface area (Å²) >= 11 is 5.06. The van der Waals surface area contributed by atoms with Crippen molar-refractivity contribution in [2.24, 2.45) is 0 Å². The van der Waals surface area contributed by atoms with Crippen LogP contribution in [0.15, 0.2) is 15.2 Å². The monoisotopic (exact) mass is 332 g/mol. The van der Waals surface area contributed by atoms with E-state index in [2.05, 4.69) is 26.6 Å². The Morgan fingerprint density at radius 2 is 2.50 bits per heavy atom. The minimum absolute atomic E-state index is 0.0667. The number of amides is 1. The molecule has 1 saturated heterocycles. The first-order valence-corrected chi connectivity index (χ1v) is 7.58. The number of carbonyl (C=O) groups excluding carboxylic acids is 1. The molecule has 18 heavy (non-hydrogen) atoms. The second-order valence-corrected chi connectivity index (χ2v) is 6.75. The summed E-state index contributed by atoms with van der Waals surface area (Å²) < 4.78 is 6.59. The number of nitrogens with zero attached hydrogens (tertiary/aromatic N) is 1. The van der Waals surface area contributed by atoms with Crippen LogP contribution in [0.4, 0.5) is 0 Å². The highest BCUT2D eigenvalue weighted by molar-refractivity contribution is 9.11. The van der Waals surface area contributed by atoms with Crippen molar-refractivity contribution in [2.75, 3.05) is 20.2 Å². The van der Waals surface area contributed by atoms with Gasteiger partial charge in [-0.1, -0.05) is 0 Å². The number of hydrogen-bond donors (Lipinski definition) is 1. The number of hydrogen-bond acceptors (Lipinski definition) is 4. The van der Waals surface area contributed by atoms with Crippen molar-refractivity contribution in [1.29, 1.82) is 0 Å². The summed E-state index contributed by atoms with van der Waals surface area (Å²) in [7, 11) is 1.83. The third-order valence-electron chi connectivity index (χ3n) is 3.00. The molecule has 0 aliphatic carbocycles. The molecule has 0 saturated carbocycles. The van der Waals surface area contributed by atoms with Crippen LogP contribution in [0.5, 0.6) is 0 Å². The average molecular weight is 333 g/mol. The Morgan fingerprint density at radius 3 is 3.11 bits per heavy atom. The molecule has 1 aliphatic heterocycles. The van der Waals surface area contributed by atoms with Crippen LogP contribution < -0.4 is 5.32 Å². The molecule has 0 aromatic carbocycles. The molecule has 100 valence electrons. The first kappa shape index (κ1) is 14.0. The van der Waals surface area contributed by atoms with Crippen molar-refractivity contribution in [3.05, 3.63) is 20.8 Å². The fraction of sp³-hybridized carbons (Fsp3) is 0.583. The van der Waals surface area contributed by atoms with Crippen LogP contribution in [-0.2, 0) is 16.1 Å². The third kappa shape index (κ3) is 3.32. The van der Waals surface area contributed by atoms with Crippen molar-refractivity contribution in [1.82, 2.24) is 10.2 Å². The molecule has 0 bridgehead atoms. The summed E-state index contributed by atoms with van der Waals surface area (Å²) in [5.41, 5.74) is 1.15. The summed E-state index contributed by atoms with van der Waals surface area (Å²) in [6, 6.07) is 1.81. The number of thiophene rings is 1. The number of likely N-dealkylation sites (N-methyl/N-ethyl adjacent to an activating group) is 1. The van der Waals surface area contributed by atoms with Crippen molar-refractivity contribution >= 4 is 33.2 Å². The van der Waals surface area contributed by atoms with Crippen LogP contribution in [0, 0.1) is 0 Å². The first-order valence-electron chi connectivity index (χ1n) is 5.91. The second-order valence-electron chi connectivity index (χ2n) is 4.46. The maximum Gasteiger partial charge on any atom is 0.242 e. The van der Waals surface area contributed by atoms with Gasteiger partial charge in [-0.2, -0.15) is 0 Å². The average Bonchev–Trinajstić information content (AvgIpc) is 2.74. The van der Waals surface area contributed by atoms with Crippen LogP contribution in [0.25, 0.3) is 0 Å². The fourth-order valence-electron chi connectivity index (χ4n) is 2.03. The standard InChI is InChI=1S/C12H17BrN2O2S/c1-8-11(14-3-4-17-8)12(16)15(2)6-9-5-10(13)18-7-9/h5,7-8,11,14H,3-4,6H2,1-2H3/t8-,11+/m1/s1. The lowest BCUT2D eigenvalue weighted by Crippen LogP contribution is -2.55. The predicted molar refractivity (Wildman–Crippen MR) is 75.7 cm³/mol. The lowest BCUT2D eigenvalue weighted by molar-refractivity contribution is -0.138. The number of carbonyl (C=O) groups is 1. The molecule has 6 heteroatoms. The molecule has 2 atom stereocenters. The van der Waals surface area contributed by atoms with Crippen LogP contribution in [0.3, 0.4) is 0 Å². The smallest absolute Gasteiger partial charge is 0.242 e. The van der Waals surface area contributed by atoms with Gasteiger partial charge in [0.05, 0.1) is 16.5 Å². The van der Waals surface area contributed by atoms with Gasteiger partial charge in [0.1, 0.15) is 6.04 Å². The number of nitrogens with one attached hydrogen (secondary N) is 1. The lowest BCUT2D eigenvalue weighted by Gasteiger charge is -2.32. The van der Waals surface area contributed by atoms with Gasteiger partial charge in [-0.15, -0.1) is 11.3 Å². The molecule has 2 heterocycles. The Labute approximate surface area is 119 Å². The number of ether oxygens (including phenoxy) is 1. The number of halogens is 1. The quantitative estimate of drug-likeness (QED) is 0.918. The van der Waals surface area contributed by atoms with Gasteiger partial charge in [0.15, 0.2) is 0 Å². The Kier molecular flexibility index (Phi) is 4.77. The van der Waals surface area contributed by atoms with Gasteiger partial charge < -0.3 is 15.0 Å². The molecular formula is C12H17BrN2O2S. The SMILES string of the molecule is C[C@H]1OCCN[C@@H]1C(=O)N(C)Cc1csc(Br)c1. The minimum atomic E-state index is -0.231. The zero-order chi connectivity index (χ0) is 13.1. The molecule has 0 radical (unpaired) electrons. The van der Waals surface area contributed by atoms with Gasteiger partial charge in [-0.25, -0.2) is 0 Å². The molecule has 1 aromatic heterocycles. The highest BCUT2D eigenvalue weighted by Crippen LogP contribution is 2.21. The van der Waals surface area contributed by atoms with Crippen molar-refractivity contribution in [2.45, 2.75) is 25.6 Å². The van der Waals surface area contributed by atoms with Crippen LogP contribution in [-0.4, -0.2) is 43.2 Å². The third-order valence-corrected chi connectivity index (χ3v) is 4.55. The first-order chi connectivity index (χ1) is 8.58. The predicted octanol–water partition coefficient (Wildman–Crippen LogP) is 1.85. The second kappa shape index (κ2) is 6.14. The highest BCUT2D eigenvalue weighted by Gasteiger charge is 2.30. The molecule has 1 amide bonds. The molecule has 1 aliphatic rings. The highest BCUT2D eigenvalue weighted by atomic mass is 79.9. The number of rotatable bonds is 3. The molecule has 0 unspecified atom stereocenters. The Bertz CT molecular complexity index is 424. The van der Waals surface area contributed by atoms with Gasteiger partial charge >= 0.3 is 0 Å². The van der Waals surface area contributed by atoms with E-state index >= 15 is 0 Å².